The van der Waals surface area contributed by atoms with E-state index in [1.54, 1.807) is 57.3 Å². The Morgan fingerprint density at radius 2 is 1.60 bits per heavy atom. The van der Waals surface area contributed by atoms with Gasteiger partial charge in [-0.2, -0.15) is 0 Å². The van der Waals surface area contributed by atoms with Gasteiger partial charge in [-0.3, -0.25) is 28.9 Å². The summed E-state index contributed by atoms with van der Waals surface area (Å²) >= 11 is 0. The van der Waals surface area contributed by atoms with Crippen LogP contribution in [0.3, 0.4) is 0 Å². The fraction of sp³-hybridized carbons (Fsp3) is 0.436. The summed E-state index contributed by atoms with van der Waals surface area (Å²) in [5, 5.41) is 17.4. The Morgan fingerprint density at radius 3 is 2.20 bits per heavy atom. The molecule has 2 heterocycles. The molecule has 1 fully saturated rings. The van der Waals surface area contributed by atoms with Crippen molar-refractivity contribution < 1.29 is 29.1 Å². The third kappa shape index (κ3) is 9.20. The maximum Gasteiger partial charge on any atom is 0.261 e. The van der Waals surface area contributed by atoms with Gasteiger partial charge in [0.1, 0.15) is 11.8 Å². The van der Waals surface area contributed by atoms with Crippen molar-refractivity contribution in [3.63, 3.8) is 0 Å². The molecule has 0 spiro atoms. The summed E-state index contributed by atoms with van der Waals surface area (Å²) < 4.78 is 0. The van der Waals surface area contributed by atoms with E-state index >= 15 is 0 Å². The Kier molecular flexibility index (Phi) is 11.8. The second kappa shape index (κ2) is 16.2. The Morgan fingerprint density at radius 1 is 0.960 bits per heavy atom. The van der Waals surface area contributed by atoms with Crippen LogP contribution in [0.2, 0.25) is 0 Å². The number of aromatic nitrogens is 2. The molecule has 3 atom stereocenters. The summed E-state index contributed by atoms with van der Waals surface area (Å²) in [6.07, 6.45) is 8.94. The molecular formula is C39H47N5O6. The van der Waals surface area contributed by atoms with E-state index in [-0.39, 0.29) is 47.8 Å². The summed E-state index contributed by atoms with van der Waals surface area (Å²) in [6, 6.07) is 13.8. The van der Waals surface area contributed by atoms with Crippen molar-refractivity contribution in [2.75, 3.05) is 6.54 Å². The highest BCUT2D eigenvalue weighted by molar-refractivity contribution is 6.21. The second-order valence-electron chi connectivity index (χ2n) is 14.4. The molecule has 0 bridgehead atoms. The summed E-state index contributed by atoms with van der Waals surface area (Å²) in [5.41, 5.74) is 1.34. The Hall–Kier alpha value is -4.90. The molecular weight excluding hydrogens is 634 g/mol. The molecule has 4 N–H and O–H groups in total. The number of rotatable bonds is 14. The standard InChI is InChI=1S/C39H47N5O6/c1-39(2,3)34(46)20-27(18-25-12-6-4-7-13-25)35(47)43-32(21-28-22-40-24-41-28)36(48)42-31(19-26-14-8-5-9-15-26)33(45)23-44-37(49)29-16-10-11-17-30(29)38(44)50/h4,6-7,10-13,16-18,22,24,26,31-33,45H,5,8-9,14-15,19-21,23H2,1-3H3,(H,40,41)(H,42,48)(H,43,47)/t31-,32-,33-/m0/s1. The predicted molar refractivity (Wildman–Crippen MR) is 189 cm³/mol. The molecule has 4 amide bonds. The molecule has 3 aromatic rings. The molecule has 1 aliphatic carbocycles. The van der Waals surface area contributed by atoms with E-state index in [2.05, 4.69) is 20.6 Å². The number of ketones is 1. The number of imidazole rings is 1. The van der Waals surface area contributed by atoms with Crippen molar-refractivity contribution in [3.05, 3.63) is 95.1 Å². The van der Waals surface area contributed by atoms with Gasteiger partial charge in [0.15, 0.2) is 0 Å². The minimum absolute atomic E-state index is 0.0392. The van der Waals surface area contributed by atoms with Gasteiger partial charge >= 0.3 is 0 Å². The van der Waals surface area contributed by atoms with Gasteiger partial charge in [-0.15, -0.1) is 0 Å². The highest BCUT2D eigenvalue weighted by atomic mass is 16.3. The van der Waals surface area contributed by atoms with Crippen molar-refractivity contribution in [3.8, 4) is 0 Å². The topological polar surface area (TPSA) is 162 Å². The number of aromatic amines is 1. The van der Waals surface area contributed by atoms with Gasteiger partial charge in [0, 0.05) is 30.0 Å². The quantitative estimate of drug-likeness (QED) is 0.142. The fourth-order valence-electron chi connectivity index (χ4n) is 6.55. The average molecular weight is 682 g/mol. The predicted octanol–water partition coefficient (Wildman–Crippen LogP) is 4.64. The Balaban J connectivity index is 1.39. The molecule has 11 heteroatoms. The lowest BCUT2D eigenvalue weighted by Gasteiger charge is -2.32. The van der Waals surface area contributed by atoms with E-state index < -0.39 is 47.2 Å². The zero-order valence-corrected chi connectivity index (χ0v) is 29.0. The lowest BCUT2D eigenvalue weighted by molar-refractivity contribution is -0.129. The zero-order chi connectivity index (χ0) is 35.8. The smallest absolute Gasteiger partial charge is 0.261 e. The van der Waals surface area contributed by atoms with Gasteiger partial charge in [0.25, 0.3) is 11.8 Å². The molecule has 0 radical (unpaired) electrons. The number of H-pyrrole nitrogens is 1. The van der Waals surface area contributed by atoms with Crippen molar-refractivity contribution in [2.24, 2.45) is 11.3 Å². The highest BCUT2D eigenvalue weighted by Crippen LogP contribution is 2.29. The van der Waals surface area contributed by atoms with Gasteiger partial charge in [-0.1, -0.05) is 95.3 Å². The zero-order valence-electron chi connectivity index (χ0n) is 29.0. The van der Waals surface area contributed by atoms with Gasteiger partial charge in [-0.05, 0) is 36.1 Å². The first-order chi connectivity index (χ1) is 23.9. The average Bonchev–Trinajstić information content (AvgIpc) is 3.70. The molecule has 50 heavy (non-hydrogen) atoms. The Bertz CT molecular complexity index is 1670. The van der Waals surface area contributed by atoms with E-state index in [9.17, 15) is 29.1 Å². The monoisotopic (exact) mass is 681 g/mol. The molecule has 11 nitrogen and oxygen atoms in total. The first kappa shape index (κ1) is 36.4. The molecule has 264 valence electrons. The van der Waals surface area contributed by atoms with Crippen LogP contribution < -0.4 is 10.6 Å². The number of nitrogens with one attached hydrogen (secondary N) is 3. The van der Waals surface area contributed by atoms with Crippen molar-refractivity contribution in [1.82, 2.24) is 25.5 Å². The van der Waals surface area contributed by atoms with Gasteiger partial charge in [-0.25, -0.2) is 4.98 Å². The molecule has 2 aromatic carbocycles. The number of hydrogen-bond donors (Lipinski definition) is 4. The maximum absolute atomic E-state index is 14.2. The van der Waals surface area contributed by atoms with Crippen LogP contribution in [0.4, 0.5) is 0 Å². The summed E-state index contributed by atoms with van der Waals surface area (Å²) in [5.74, 6) is -2.00. The lowest BCUT2D eigenvalue weighted by Crippen LogP contribution is -2.56. The van der Waals surface area contributed by atoms with E-state index in [1.165, 1.54) is 6.33 Å². The number of hydrogen-bond acceptors (Lipinski definition) is 7. The van der Waals surface area contributed by atoms with Gasteiger partial charge < -0.3 is 20.7 Å². The van der Waals surface area contributed by atoms with Crippen LogP contribution >= 0.6 is 0 Å². The van der Waals surface area contributed by atoms with Gasteiger partial charge in [0.05, 0.1) is 41.8 Å². The summed E-state index contributed by atoms with van der Waals surface area (Å²) in [7, 11) is 0. The number of imide groups is 1. The molecule has 1 saturated carbocycles. The third-order valence-electron chi connectivity index (χ3n) is 9.56. The third-order valence-corrected chi connectivity index (χ3v) is 9.56. The first-order valence-corrected chi connectivity index (χ1v) is 17.4. The fourth-order valence-corrected chi connectivity index (χ4v) is 6.55. The number of Topliss-reactive ketones (excluding diaryl/α,β-unsaturated/α-hetero) is 1. The van der Waals surface area contributed by atoms with Crippen LogP contribution in [0.25, 0.3) is 6.08 Å². The lowest BCUT2D eigenvalue weighted by atomic mass is 9.83. The number of aliphatic hydroxyl groups is 1. The number of nitrogens with zero attached hydrogens (tertiary/aromatic N) is 2. The van der Waals surface area contributed by atoms with Crippen LogP contribution in [0.5, 0.6) is 0 Å². The van der Waals surface area contributed by atoms with Crippen LogP contribution in [0, 0.1) is 11.3 Å². The summed E-state index contributed by atoms with van der Waals surface area (Å²) in [4.78, 5) is 75.7. The number of amides is 4. The SMILES string of the molecule is CC(C)(C)C(=O)CC(=Cc1ccccc1)C(=O)N[C@@H](Cc1c[nH]cn1)C(=O)N[C@@H](CC1CCCCC1)[C@@H](O)CN1C(=O)c2ccccc2C1=O. The van der Waals surface area contributed by atoms with E-state index in [4.69, 9.17) is 0 Å². The largest absolute Gasteiger partial charge is 0.389 e. The number of aliphatic hydroxyl groups excluding tert-OH is 1. The van der Waals surface area contributed by atoms with Crippen molar-refractivity contribution in [1.29, 1.82) is 0 Å². The number of benzene rings is 2. The van der Waals surface area contributed by atoms with Crippen LogP contribution in [-0.2, 0) is 20.8 Å². The minimum atomic E-state index is -1.26. The van der Waals surface area contributed by atoms with E-state index in [0.717, 1.165) is 42.6 Å². The number of carbonyl (C=O) groups excluding carboxylic acids is 5. The molecule has 0 unspecified atom stereocenters. The number of carbonyl (C=O) groups is 5. The van der Waals surface area contributed by atoms with Crippen LogP contribution in [0.1, 0.15) is 97.7 Å². The minimum Gasteiger partial charge on any atom is -0.389 e. The first-order valence-electron chi connectivity index (χ1n) is 17.4. The van der Waals surface area contributed by atoms with Crippen LogP contribution in [0.15, 0.2) is 72.7 Å². The van der Waals surface area contributed by atoms with Gasteiger partial charge in [0.2, 0.25) is 11.8 Å². The molecule has 5 rings (SSSR count). The number of β-amino-alcohol motifs (C(OH)–C–C–N with tert-alkyl or cyclic N) is 1. The van der Waals surface area contributed by atoms with Crippen LogP contribution in [-0.4, -0.2) is 74.1 Å². The maximum atomic E-state index is 14.2. The van der Waals surface area contributed by atoms with E-state index in [1.807, 2.05) is 30.3 Å². The Labute approximate surface area is 292 Å². The molecule has 0 saturated heterocycles. The second-order valence-corrected chi connectivity index (χ2v) is 14.4. The van der Waals surface area contributed by atoms with Crippen molar-refractivity contribution in [2.45, 2.75) is 90.3 Å². The molecule has 2 aliphatic rings. The number of fused-ring (bicyclic) bond motifs is 1. The highest BCUT2D eigenvalue weighted by Gasteiger charge is 2.39. The van der Waals surface area contributed by atoms with E-state index in [0.29, 0.717) is 12.1 Å². The summed E-state index contributed by atoms with van der Waals surface area (Å²) in [6.45, 7) is 5.09. The van der Waals surface area contributed by atoms with Crippen molar-refractivity contribution >= 4 is 35.5 Å². The molecule has 1 aromatic heterocycles. The molecule has 1 aliphatic heterocycles. The normalized spacial score (nSPS) is 17.2.